The van der Waals surface area contributed by atoms with Crippen LogP contribution in [0, 0.1) is 24.2 Å². The van der Waals surface area contributed by atoms with Crippen molar-refractivity contribution in [3.05, 3.63) is 46.8 Å². The number of nitrogens with zero attached hydrogens (tertiary/aromatic N) is 1. The van der Waals surface area contributed by atoms with Crippen molar-refractivity contribution in [1.29, 1.82) is 0 Å². The largest absolute Gasteiger partial charge is 0.507 e. The molecule has 2 aliphatic heterocycles. The van der Waals surface area contributed by atoms with Gasteiger partial charge < -0.3 is 15.2 Å². The first-order valence-corrected chi connectivity index (χ1v) is 14.0. The number of hydrogen-bond acceptors (Lipinski definition) is 4. The molecular formula is C24H29FN2O2Si. The van der Waals surface area contributed by atoms with Gasteiger partial charge in [-0.05, 0) is 24.6 Å². The molecular weight excluding hydrogens is 395 g/mol. The SMILES string of the molecule is Cc1cccc(O)c1-c1c(F)cc2c(c1C#C[Si](C)(C)C)OC[C@H]1CNCCN1C2. The zero-order valence-electron chi connectivity index (χ0n) is 18.1. The van der Waals surface area contributed by atoms with E-state index in [0.29, 0.717) is 35.6 Å². The van der Waals surface area contributed by atoms with Gasteiger partial charge in [-0.3, -0.25) is 4.90 Å². The highest BCUT2D eigenvalue weighted by Gasteiger charge is 2.31. The van der Waals surface area contributed by atoms with E-state index in [2.05, 4.69) is 41.3 Å². The number of halogens is 1. The van der Waals surface area contributed by atoms with Crippen molar-refractivity contribution in [3.8, 4) is 34.1 Å². The maximum Gasteiger partial charge on any atom is 0.140 e. The van der Waals surface area contributed by atoms with E-state index in [4.69, 9.17) is 4.74 Å². The van der Waals surface area contributed by atoms with Gasteiger partial charge in [0.15, 0.2) is 0 Å². The van der Waals surface area contributed by atoms with Crippen molar-refractivity contribution in [3.63, 3.8) is 0 Å². The highest BCUT2D eigenvalue weighted by Crippen LogP contribution is 2.42. The van der Waals surface area contributed by atoms with Crippen molar-refractivity contribution in [2.24, 2.45) is 0 Å². The number of aromatic hydroxyl groups is 1. The molecule has 0 aliphatic carbocycles. The Bertz CT molecular complexity index is 1020. The van der Waals surface area contributed by atoms with E-state index in [1.807, 2.05) is 13.0 Å². The second-order valence-corrected chi connectivity index (χ2v) is 14.0. The Morgan fingerprint density at radius 1 is 1.27 bits per heavy atom. The molecule has 0 spiro atoms. The summed E-state index contributed by atoms with van der Waals surface area (Å²) in [6.07, 6.45) is 0. The van der Waals surface area contributed by atoms with Gasteiger partial charge in [-0.15, -0.1) is 5.54 Å². The summed E-state index contributed by atoms with van der Waals surface area (Å²) in [6.45, 7) is 12.2. The fraction of sp³-hybridized carbons (Fsp3) is 0.417. The summed E-state index contributed by atoms with van der Waals surface area (Å²) in [4.78, 5) is 2.35. The van der Waals surface area contributed by atoms with Crippen LogP contribution >= 0.6 is 0 Å². The number of fused-ring (bicyclic) bond motifs is 2. The first kappa shape index (κ1) is 20.9. The van der Waals surface area contributed by atoms with Gasteiger partial charge in [0, 0.05) is 42.9 Å². The zero-order valence-corrected chi connectivity index (χ0v) is 19.1. The lowest BCUT2D eigenvalue weighted by atomic mass is 9.92. The van der Waals surface area contributed by atoms with Crippen LogP contribution in [-0.2, 0) is 6.54 Å². The van der Waals surface area contributed by atoms with Crippen LogP contribution in [0.5, 0.6) is 11.5 Å². The topological polar surface area (TPSA) is 44.7 Å². The number of phenols is 1. The van der Waals surface area contributed by atoms with E-state index < -0.39 is 8.07 Å². The quantitative estimate of drug-likeness (QED) is 0.538. The molecule has 2 aromatic carbocycles. The van der Waals surface area contributed by atoms with E-state index in [9.17, 15) is 5.11 Å². The third kappa shape index (κ3) is 4.11. The van der Waals surface area contributed by atoms with Crippen LogP contribution in [0.15, 0.2) is 24.3 Å². The smallest absolute Gasteiger partial charge is 0.140 e. The molecule has 0 saturated carbocycles. The molecule has 30 heavy (non-hydrogen) atoms. The van der Waals surface area contributed by atoms with Gasteiger partial charge in [-0.1, -0.05) is 37.7 Å². The standard InChI is InChI=1S/C24H29FN2O2Si/c1-16-6-5-7-21(28)22(16)23-19(8-11-30(2,3)4)24-17(12-20(23)25)14-27-10-9-26-13-18(27)15-29-24/h5-7,12,18,26,28H,9-10,13-15H2,1-4H3/t18-/m1/s1. The molecule has 0 bridgehead atoms. The lowest BCUT2D eigenvalue weighted by Crippen LogP contribution is -2.52. The summed E-state index contributed by atoms with van der Waals surface area (Å²) < 4.78 is 21.9. The number of hydrogen-bond donors (Lipinski definition) is 2. The molecule has 158 valence electrons. The van der Waals surface area contributed by atoms with Gasteiger partial charge in [0.25, 0.3) is 0 Å². The number of rotatable bonds is 1. The molecule has 0 amide bonds. The minimum atomic E-state index is -1.72. The molecule has 2 heterocycles. The first-order chi connectivity index (χ1) is 14.2. The second-order valence-electron chi connectivity index (χ2n) is 9.21. The lowest BCUT2D eigenvalue weighted by molar-refractivity contribution is 0.120. The average Bonchev–Trinajstić information content (AvgIpc) is 2.85. The Hall–Kier alpha value is -2.33. The first-order valence-electron chi connectivity index (χ1n) is 10.5. The van der Waals surface area contributed by atoms with Crippen molar-refractivity contribution >= 4 is 8.07 Å². The minimum Gasteiger partial charge on any atom is -0.507 e. The van der Waals surface area contributed by atoms with E-state index >= 15 is 4.39 Å². The Morgan fingerprint density at radius 2 is 2.07 bits per heavy atom. The number of nitrogens with one attached hydrogen (secondary N) is 1. The Labute approximate surface area is 179 Å². The molecule has 0 aromatic heterocycles. The third-order valence-corrected chi connectivity index (χ3v) is 6.51. The Balaban J connectivity index is 1.95. The highest BCUT2D eigenvalue weighted by molar-refractivity contribution is 6.83. The van der Waals surface area contributed by atoms with Crippen LogP contribution in [0.3, 0.4) is 0 Å². The van der Waals surface area contributed by atoms with E-state index in [0.717, 1.165) is 30.8 Å². The predicted octanol–water partition coefficient (Wildman–Crippen LogP) is 3.90. The van der Waals surface area contributed by atoms with Crippen molar-refractivity contribution in [2.75, 3.05) is 26.2 Å². The van der Waals surface area contributed by atoms with Crippen LogP contribution in [0.4, 0.5) is 4.39 Å². The zero-order chi connectivity index (χ0) is 21.5. The van der Waals surface area contributed by atoms with Crippen LogP contribution in [0.2, 0.25) is 19.6 Å². The molecule has 2 N–H and O–H groups in total. The van der Waals surface area contributed by atoms with Crippen LogP contribution < -0.4 is 10.1 Å². The molecule has 1 saturated heterocycles. The molecule has 1 fully saturated rings. The Kier molecular flexibility index (Phi) is 5.63. The maximum atomic E-state index is 15.6. The molecule has 6 heteroatoms. The predicted molar refractivity (Wildman–Crippen MR) is 121 cm³/mol. The molecule has 0 radical (unpaired) electrons. The summed E-state index contributed by atoms with van der Waals surface area (Å²) >= 11 is 0. The van der Waals surface area contributed by atoms with Gasteiger partial charge in [-0.25, -0.2) is 4.39 Å². The minimum absolute atomic E-state index is 0.0557. The molecule has 1 atom stereocenters. The molecule has 2 aromatic rings. The average molecular weight is 425 g/mol. The fourth-order valence-electron chi connectivity index (χ4n) is 4.13. The number of aryl methyl sites for hydroxylation is 1. The molecule has 0 unspecified atom stereocenters. The highest BCUT2D eigenvalue weighted by atomic mass is 28.3. The van der Waals surface area contributed by atoms with E-state index in [1.165, 1.54) is 0 Å². The lowest BCUT2D eigenvalue weighted by Gasteiger charge is -2.33. The summed E-state index contributed by atoms with van der Waals surface area (Å²) in [6, 6.07) is 7.06. The van der Waals surface area contributed by atoms with Gasteiger partial charge >= 0.3 is 0 Å². The van der Waals surface area contributed by atoms with Crippen LogP contribution in [-0.4, -0.2) is 50.4 Å². The van der Waals surface area contributed by atoms with Crippen molar-refractivity contribution in [1.82, 2.24) is 10.2 Å². The van der Waals surface area contributed by atoms with Crippen LogP contribution in [0.1, 0.15) is 16.7 Å². The maximum absolute atomic E-state index is 15.6. The number of ether oxygens (including phenoxy) is 1. The van der Waals surface area contributed by atoms with Crippen LogP contribution in [0.25, 0.3) is 11.1 Å². The Morgan fingerprint density at radius 3 is 2.80 bits per heavy atom. The summed E-state index contributed by atoms with van der Waals surface area (Å²) in [5.74, 6) is 3.64. The van der Waals surface area contributed by atoms with Crippen molar-refractivity contribution < 1.29 is 14.2 Å². The molecule has 4 rings (SSSR count). The number of benzene rings is 2. The monoisotopic (exact) mass is 424 g/mol. The summed E-state index contributed by atoms with van der Waals surface area (Å²) in [5.41, 5.74) is 6.41. The third-order valence-electron chi connectivity index (χ3n) is 5.64. The number of phenolic OH excluding ortho intramolecular Hbond substituents is 1. The summed E-state index contributed by atoms with van der Waals surface area (Å²) in [5, 5.41) is 14.0. The van der Waals surface area contributed by atoms with Gasteiger partial charge in [0.1, 0.15) is 32.0 Å². The van der Waals surface area contributed by atoms with E-state index in [1.54, 1.807) is 18.2 Å². The van der Waals surface area contributed by atoms with Crippen molar-refractivity contribution in [2.45, 2.75) is 39.2 Å². The normalized spacial score (nSPS) is 19.0. The fourth-order valence-corrected chi connectivity index (χ4v) is 4.63. The second kappa shape index (κ2) is 8.07. The van der Waals surface area contributed by atoms with Gasteiger partial charge in [0.2, 0.25) is 0 Å². The van der Waals surface area contributed by atoms with E-state index in [-0.39, 0.29) is 17.6 Å². The molecule has 4 nitrogen and oxygen atoms in total. The number of piperazine rings is 1. The molecule has 2 aliphatic rings. The van der Waals surface area contributed by atoms with Gasteiger partial charge in [-0.2, -0.15) is 0 Å². The van der Waals surface area contributed by atoms with Gasteiger partial charge in [0.05, 0.1) is 11.6 Å². The summed E-state index contributed by atoms with van der Waals surface area (Å²) in [7, 11) is -1.72.